The van der Waals surface area contributed by atoms with Gasteiger partial charge in [-0.25, -0.2) is 4.79 Å². The minimum atomic E-state index is -1.02. The molecule has 0 saturated heterocycles. The fourth-order valence-corrected chi connectivity index (χ4v) is 2.25. The number of anilines is 2. The van der Waals surface area contributed by atoms with Crippen LogP contribution in [-0.2, 0) is 11.3 Å². The van der Waals surface area contributed by atoms with E-state index in [1.165, 1.54) is 17.1 Å². The van der Waals surface area contributed by atoms with E-state index in [0.717, 1.165) is 4.47 Å². The fraction of sp³-hybridized carbons (Fsp3) is 0.0833. The zero-order valence-corrected chi connectivity index (χ0v) is 12.8. The van der Waals surface area contributed by atoms with Gasteiger partial charge in [0.15, 0.2) is 0 Å². The number of hydrogen-bond acceptors (Lipinski definition) is 3. The maximum atomic E-state index is 11.8. The number of rotatable bonds is 4. The SMILES string of the molecule is O=C(O)Cn1cc(NC(=O)Nc2ccc(Br)cc2Cl)cn1. The van der Waals surface area contributed by atoms with Gasteiger partial charge in [0.2, 0.25) is 0 Å². The van der Waals surface area contributed by atoms with E-state index in [-0.39, 0.29) is 6.54 Å². The third-order valence-corrected chi connectivity index (χ3v) is 3.17. The van der Waals surface area contributed by atoms with Gasteiger partial charge in [-0.05, 0) is 18.2 Å². The second kappa shape index (κ2) is 6.59. The maximum Gasteiger partial charge on any atom is 0.325 e. The van der Waals surface area contributed by atoms with Gasteiger partial charge in [-0.1, -0.05) is 27.5 Å². The van der Waals surface area contributed by atoms with Crippen LogP contribution in [0.2, 0.25) is 5.02 Å². The predicted molar refractivity (Wildman–Crippen MR) is 81.7 cm³/mol. The summed E-state index contributed by atoms with van der Waals surface area (Å²) in [6.45, 7) is -0.276. The Labute approximate surface area is 133 Å². The van der Waals surface area contributed by atoms with E-state index >= 15 is 0 Å². The van der Waals surface area contributed by atoms with Crippen LogP contribution in [0.3, 0.4) is 0 Å². The summed E-state index contributed by atoms with van der Waals surface area (Å²) >= 11 is 9.25. The number of carboxylic acids is 1. The molecule has 1 aromatic heterocycles. The summed E-state index contributed by atoms with van der Waals surface area (Å²) in [6, 6.07) is 4.54. The van der Waals surface area contributed by atoms with Gasteiger partial charge in [0.05, 0.1) is 22.6 Å². The number of nitrogens with one attached hydrogen (secondary N) is 2. The number of amides is 2. The van der Waals surface area contributed by atoms with Crippen LogP contribution in [0.25, 0.3) is 0 Å². The van der Waals surface area contributed by atoms with Crippen molar-refractivity contribution in [2.75, 3.05) is 10.6 Å². The van der Waals surface area contributed by atoms with E-state index in [0.29, 0.717) is 16.4 Å². The molecular weight excluding hydrogens is 364 g/mol. The number of nitrogens with zero attached hydrogens (tertiary/aromatic N) is 2. The summed E-state index contributed by atoms with van der Waals surface area (Å²) in [4.78, 5) is 22.3. The Kier molecular flexibility index (Phi) is 4.81. The Hall–Kier alpha value is -2.06. The van der Waals surface area contributed by atoms with E-state index < -0.39 is 12.0 Å². The molecule has 0 spiro atoms. The smallest absolute Gasteiger partial charge is 0.325 e. The highest BCUT2D eigenvalue weighted by atomic mass is 79.9. The van der Waals surface area contributed by atoms with Crippen molar-refractivity contribution in [2.45, 2.75) is 6.54 Å². The zero-order valence-electron chi connectivity index (χ0n) is 10.5. The van der Waals surface area contributed by atoms with Gasteiger partial charge in [-0.3, -0.25) is 9.48 Å². The number of aromatic nitrogens is 2. The van der Waals surface area contributed by atoms with Gasteiger partial charge in [0, 0.05) is 10.7 Å². The molecule has 0 radical (unpaired) electrons. The van der Waals surface area contributed by atoms with E-state index in [1.807, 2.05) is 0 Å². The predicted octanol–water partition coefficient (Wildman–Crippen LogP) is 3.03. The van der Waals surface area contributed by atoms with Gasteiger partial charge >= 0.3 is 12.0 Å². The number of halogens is 2. The lowest BCUT2D eigenvalue weighted by molar-refractivity contribution is -0.137. The second-order valence-corrected chi connectivity index (χ2v) is 5.35. The minimum absolute atomic E-state index is 0.276. The molecule has 0 unspecified atom stereocenters. The van der Waals surface area contributed by atoms with Crippen LogP contribution in [0.1, 0.15) is 0 Å². The van der Waals surface area contributed by atoms with Gasteiger partial charge in [0.25, 0.3) is 0 Å². The van der Waals surface area contributed by atoms with Crippen LogP contribution in [-0.4, -0.2) is 26.9 Å². The highest BCUT2D eigenvalue weighted by Gasteiger charge is 2.08. The van der Waals surface area contributed by atoms with Crippen molar-refractivity contribution in [1.82, 2.24) is 9.78 Å². The van der Waals surface area contributed by atoms with Crippen LogP contribution in [0.5, 0.6) is 0 Å². The number of urea groups is 1. The summed E-state index contributed by atoms with van der Waals surface area (Å²) in [5.41, 5.74) is 0.831. The third-order valence-electron chi connectivity index (χ3n) is 2.37. The summed E-state index contributed by atoms with van der Waals surface area (Å²) in [7, 11) is 0. The van der Waals surface area contributed by atoms with Crippen LogP contribution < -0.4 is 10.6 Å². The Morgan fingerprint density at radius 2 is 2.14 bits per heavy atom. The monoisotopic (exact) mass is 372 g/mol. The number of carbonyl (C=O) groups is 2. The number of benzene rings is 1. The van der Waals surface area contributed by atoms with Gasteiger partial charge in [-0.15, -0.1) is 0 Å². The molecule has 0 aliphatic heterocycles. The normalized spacial score (nSPS) is 10.2. The molecular formula is C12H10BrClN4O3. The largest absolute Gasteiger partial charge is 0.480 e. The van der Waals surface area contributed by atoms with Crippen molar-refractivity contribution >= 4 is 50.9 Å². The first-order valence-corrected chi connectivity index (χ1v) is 6.88. The Bertz CT molecular complexity index is 689. The van der Waals surface area contributed by atoms with Gasteiger partial charge < -0.3 is 15.7 Å². The van der Waals surface area contributed by atoms with Crippen molar-refractivity contribution in [3.05, 3.63) is 40.1 Å². The molecule has 2 amide bonds. The van der Waals surface area contributed by atoms with E-state index in [1.54, 1.807) is 18.2 Å². The van der Waals surface area contributed by atoms with E-state index in [4.69, 9.17) is 16.7 Å². The third kappa shape index (κ3) is 4.47. The molecule has 1 aromatic carbocycles. The highest BCUT2D eigenvalue weighted by molar-refractivity contribution is 9.10. The Morgan fingerprint density at radius 3 is 2.81 bits per heavy atom. The topological polar surface area (TPSA) is 96.2 Å². The molecule has 0 aliphatic rings. The van der Waals surface area contributed by atoms with E-state index in [2.05, 4.69) is 31.7 Å². The Balaban J connectivity index is 1.98. The van der Waals surface area contributed by atoms with Crippen molar-refractivity contribution in [1.29, 1.82) is 0 Å². The summed E-state index contributed by atoms with van der Waals surface area (Å²) in [5.74, 6) is -1.02. The standard InChI is InChI=1S/C12H10BrClN4O3/c13-7-1-2-10(9(14)3-7)17-12(21)16-8-4-15-18(5-8)6-11(19)20/h1-5H,6H2,(H,19,20)(H2,16,17,21). The fourth-order valence-electron chi connectivity index (χ4n) is 1.53. The van der Waals surface area contributed by atoms with Crippen LogP contribution in [0.4, 0.5) is 16.2 Å². The number of carboxylic acid groups (broad SMARTS) is 1. The molecule has 1 heterocycles. The molecule has 21 heavy (non-hydrogen) atoms. The first kappa shape index (κ1) is 15.3. The minimum Gasteiger partial charge on any atom is -0.480 e. The van der Waals surface area contributed by atoms with Gasteiger partial charge in [0.1, 0.15) is 6.54 Å². The number of hydrogen-bond donors (Lipinski definition) is 3. The molecule has 0 bridgehead atoms. The molecule has 7 nitrogen and oxygen atoms in total. The highest BCUT2D eigenvalue weighted by Crippen LogP contribution is 2.25. The summed E-state index contributed by atoms with van der Waals surface area (Å²) in [6.07, 6.45) is 2.77. The Morgan fingerprint density at radius 1 is 1.38 bits per heavy atom. The lowest BCUT2D eigenvalue weighted by atomic mass is 10.3. The van der Waals surface area contributed by atoms with Crippen molar-refractivity contribution < 1.29 is 14.7 Å². The summed E-state index contributed by atoms with van der Waals surface area (Å²) < 4.78 is 2.00. The molecule has 2 aromatic rings. The average Bonchev–Trinajstić information content (AvgIpc) is 2.79. The molecule has 0 atom stereocenters. The first-order chi connectivity index (χ1) is 9.94. The van der Waals surface area contributed by atoms with Crippen LogP contribution in [0.15, 0.2) is 35.1 Å². The molecule has 0 aliphatic carbocycles. The first-order valence-electron chi connectivity index (χ1n) is 5.71. The molecule has 0 fully saturated rings. The molecule has 110 valence electrons. The van der Waals surface area contributed by atoms with Crippen molar-refractivity contribution in [3.8, 4) is 0 Å². The lowest BCUT2D eigenvalue weighted by Gasteiger charge is -2.07. The number of carbonyl (C=O) groups excluding carboxylic acids is 1. The van der Waals surface area contributed by atoms with Crippen molar-refractivity contribution in [3.63, 3.8) is 0 Å². The lowest BCUT2D eigenvalue weighted by Crippen LogP contribution is -2.19. The van der Waals surface area contributed by atoms with Crippen molar-refractivity contribution in [2.24, 2.45) is 0 Å². The molecule has 2 rings (SSSR count). The van der Waals surface area contributed by atoms with Gasteiger partial charge in [-0.2, -0.15) is 5.10 Å². The van der Waals surface area contributed by atoms with E-state index in [9.17, 15) is 9.59 Å². The molecule has 9 heteroatoms. The maximum absolute atomic E-state index is 11.8. The summed E-state index contributed by atoms with van der Waals surface area (Å²) in [5, 5.41) is 17.9. The second-order valence-electron chi connectivity index (χ2n) is 4.02. The molecule has 3 N–H and O–H groups in total. The van der Waals surface area contributed by atoms with Crippen LogP contribution >= 0.6 is 27.5 Å². The average molecular weight is 374 g/mol. The quantitative estimate of drug-likeness (QED) is 0.767. The molecule has 0 saturated carbocycles. The van der Waals surface area contributed by atoms with Crippen LogP contribution in [0, 0.1) is 0 Å². The zero-order chi connectivity index (χ0) is 15.4. The number of aliphatic carboxylic acids is 1.